The van der Waals surface area contributed by atoms with E-state index in [1.807, 2.05) is 36.1 Å². The van der Waals surface area contributed by atoms with Gasteiger partial charge >= 0.3 is 5.97 Å². The molecule has 0 atom stereocenters. The number of ketones is 1. The molecule has 0 fully saturated rings. The molecule has 0 aliphatic heterocycles. The van der Waals surface area contributed by atoms with Gasteiger partial charge in [0.15, 0.2) is 5.78 Å². The van der Waals surface area contributed by atoms with Crippen molar-refractivity contribution in [2.75, 3.05) is 24.6 Å². The number of ether oxygens (including phenoxy) is 1. The number of nitrogens with zero attached hydrogens (tertiary/aromatic N) is 1. The fourth-order valence-electron chi connectivity index (χ4n) is 1.99. The lowest BCUT2D eigenvalue weighted by Crippen LogP contribution is -2.31. The molecule has 0 N–H and O–H groups in total. The molecule has 0 aromatic heterocycles. The van der Waals surface area contributed by atoms with Crippen LogP contribution in [0.15, 0.2) is 24.3 Å². The van der Waals surface area contributed by atoms with Gasteiger partial charge in [0.1, 0.15) is 6.54 Å². The maximum Gasteiger partial charge on any atom is 0.325 e. The lowest BCUT2D eigenvalue weighted by atomic mass is 10.1. The monoisotopic (exact) mass is 277 g/mol. The highest BCUT2D eigenvalue weighted by Crippen LogP contribution is 2.16. The predicted octanol–water partition coefficient (Wildman–Crippen LogP) is 3.06. The molecule has 0 amide bonds. The maximum absolute atomic E-state index is 11.6. The zero-order valence-corrected chi connectivity index (χ0v) is 12.5. The summed E-state index contributed by atoms with van der Waals surface area (Å²) in [5.41, 5.74) is 1.65. The van der Waals surface area contributed by atoms with Crippen molar-refractivity contribution in [2.24, 2.45) is 0 Å². The van der Waals surface area contributed by atoms with Crippen molar-refractivity contribution in [3.8, 4) is 0 Å². The molecule has 110 valence electrons. The molecule has 1 aromatic carbocycles. The van der Waals surface area contributed by atoms with Crippen LogP contribution < -0.4 is 4.90 Å². The molecular weight excluding hydrogens is 254 g/mol. The number of carbonyl (C=O) groups excluding carboxylic acids is 2. The van der Waals surface area contributed by atoms with Gasteiger partial charge in [0.2, 0.25) is 0 Å². The van der Waals surface area contributed by atoms with Crippen LogP contribution in [0.25, 0.3) is 0 Å². The summed E-state index contributed by atoms with van der Waals surface area (Å²) in [5, 5.41) is 0. The fourth-order valence-corrected chi connectivity index (χ4v) is 1.99. The summed E-state index contributed by atoms with van der Waals surface area (Å²) in [6.45, 7) is 7.12. The molecule has 0 heterocycles. The van der Waals surface area contributed by atoms with Gasteiger partial charge in [-0.25, -0.2) is 0 Å². The zero-order chi connectivity index (χ0) is 15.0. The molecule has 20 heavy (non-hydrogen) atoms. The smallest absolute Gasteiger partial charge is 0.325 e. The van der Waals surface area contributed by atoms with E-state index in [9.17, 15) is 9.59 Å². The van der Waals surface area contributed by atoms with Gasteiger partial charge in [-0.3, -0.25) is 9.59 Å². The van der Waals surface area contributed by atoms with Crippen molar-refractivity contribution in [1.82, 2.24) is 0 Å². The fraction of sp³-hybridized carbons (Fsp3) is 0.500. The Morgan fingerprint density at radius 3 is 2.25 bits per heavy atom. The Bertz CT molecular complexity index is 440. The Hall–Kier alpha value is -1.84. The predicted molar refractivity (Wildman–Crippen MR) is 80.2 cm³/mol. The summed E-state index contributed by atoms with van der Waals surface area (Å²) in [7, 11) is 0. The SMILES string of the molecule is CCCN(CC(=O)OCC)c1ccc(C(=O)CC)cc1. The first-order valence-electron chi connectivity index (χ1n) is 7.16. The molecule has 0 unspecified atom stereocenters. The van der Waals surface area contributed by atoms with E-state index in [0.29, 0.717) is 18.6 Å². The third-order valence-electron chi connectivity index (χ3n) is 2.99. The second-order valence-corrected chi connectivity index (χ2v) is 4.55. The number of Topliss-reactive ketones (excluding diaryl/α,β-unsaturated/α-hetero) is 1. The lowest BCUT2D eigenvalue weighted by molar-refractivity contribution is -0.141. The summed E-state index contributed by atoms with van der Waals surface area (Å²) in [6, 6.07) is 7.40. The third-order valence-corrected chi connectivity index (χ3v) is 2.99. The number of rotatable bonds is 8. The first kappa shape index (κ1) is 16.2. The lowest BCUT2D eigenvalue weighted by Gasteiger charge is -2.23. The van der Waals surface area contributed by atoms with E-state index >= 15 is 0 Å². The van der Waals surface area contributed by atoms with E-state index in [1.165, 1.54) is 0 Å². The molecule has 4 nitrogen and oxygen atoms in total. The van der Waals surface area contributed by atoms with E-state index in [-0.39, 0.29) is 18.3 Å². The molecule has 0 spiro atoms. The second kappa shape index (κ2) is 8.35. The number of esters is 1. The van der Waals surface area contributed by atoms with Crippen LogP contribution in [0, 0.1) is 0 Å². The van der Waals surface area contributed by atoms with Crippen molar-refractivity contribution in [3.05, 3.63) is 29.8 Å². The van der Waals surface area contributed by atoms with Crippen LogP contribution in [-0.2, 0) is 9.53 Å². The van der Waals surface area contributed by atoms with Crippen LogP contribution in [0.4, 0.5) is 5.69 Å². The highest BCUT2D eigenvalue weighted by atomic mass is 16.5. The molecule has 0 aliphatic carbocycles. The molecule has 0 saturated heterocycles. The molecule has 1 rings (SSSR count). The summed E-state index contributed by atoms with van der Waals surface area (Å²) in [4.78, 5) is 25.2. The van der Waals surface area contributed by atoms with Gasteiger partial charge in [-0.1, -0.05) is 13.8 Å². The molecule has 0 radical (unpaired) electrons. The van der Waals surface area contributed by atoms with Gasteiger partial charge < -0.3 is 9.64 Å². The third kappa shape index (κ3) is 4.68. The van der Waals surface area contributed by atoms with E-state index in [2.05, 4.69) is 6.92 Å². The van der Waals surface area contributed by atoms with Crippen molar-refractivity contribution in [3.63, 3.8) is 0 Å². The van der Waals surface area contributed by atoms with Crippen molar-refractivity contribution in [1.29, 1.82) is 0 Å². The quantitative estimate of drug-likeness (QED) is 0.541. The topological polar surface area (TPSA) is 46.6 Å². The van der Waals surface area contributed by atoms with Gasteiger partial charge in [0.25, 0.3) is 0 Å². The molecule has 0 bridgehead atoms. The molecule has 4 heteroatoms. The van der Waals surface area contributed by atoms with E-state index in [0.717, 1.165) is 18.7 Å². The summed E-state index contributed by atoms with van der Waals surface area (Å²) in [6.07, 6.45) is 1.44. The van der Waals surface area contributed by atoms with Gasteiger partial charge in [0, 0.05) is 24.2 Å². The van der Waals surface area contributed by atoms with Crippen LogP contribution in [0.1, 0.15) is 44.0 Å². The number of benzene rings is 1. The van der Waals surface area contributed by atoms with Gasteiger partial charge in [-0.05, 0) is 37.6 Å². The number of anilines is 1. The van der Waals surface area contributed by atoms with Crippen molar-refractivity contribution in [2.45, 2.75) is 33.6 Å². The molecular formula is C16H23NO3. The van der Waals surface area contributed by atoms with Crippen LogP contribution in [0.5, 0.6) is 0 Å². The Morgan fingerprint density at radius 1 is 1.10 bits per heavy atom. The first-order chi connectivity index (χ1) is 9.62. The number of hydrogen-bond donors (Lipinski definition) is 0. The first-order valence-corrected chi connectivity index (χ1v) is 7.16. The molecule has 0 aliphatic rings. The van der Waals surface area contributed by atoms with Crippen LogP contribution in [0.3, 0.4) is 0 Å². The maximum atomic E-state index is 11.6. The number of hydrogen-bond acceptors (Lipinski definition) is 4. The van der Waals surface area contributed by atoms with Crippen molar-refractivity contribution < 1.29 is 14.3 Å². The zero-order valence-electron chi connectivity index (χ0n) is 12.5. The highest BCUT2D eigenvalue weighted by molar-refractivity contribution is 5.96. The second-order valence-electron chi connectivity index (χ2n) is 4.55. The Morgan fingerprint density at radius 2 is 1.75 bits per heavy atom. The van der Waals surface area contributed by atoms with Gasteiger partial charge in [-0.2, -0.15) is 0 Å². The Labute approximate surface area is 120 Å². The summed E-state index contributed by atoms with van der Waals surface area (Å²) >= 11 is 0. The number of carbonyl (C=O) groups is 2. The average Bonchev–Trinajstić information content (AvgIpc) is 2.46. The summed E-state index contributed by atoms with van der Waals surface area (Å²) in [5.74, 6) is -0.0985. The van der Waals surface area contributed by atoms with E-state index < -0.39 is 0 Å². The summed E-state index contributed by atoms with van der Waals surface area (Å²) < 4.78 is 4.98. The molecule has 1 aromatic rings. The van der Waals surface area contributed by atoms with Gasteiger partial charge in [0.05, 0.1) is 6.61 Å². The van der Waals surface area contributed by atoms with Gasteiger partial charge in [-0.15, -0.1) is 0 Å². The minimum Gasteiger partial charge on any atom is -0.465 e. The Kier molecular flexibility index (Phi) is 6.77. The van der Waals surface area contributed by atoms with Crippen LogP contribution >= 0.6 is 0 Å². The average molecular weight is 277 g/mol. The standard InChI is InChI=1S/C16H23NO3/c1-4-11-17(12-16(19)20-6-3)14-9-7-13(8-10-14)15(18)5-2/h7-10H,4-6,11-12H2,1-3H3. The Balaban J connectivity index is 2.81. The normalized spacial score (nSPS) is 10.2. The van der Waals surface area contributed by atoms with Crippen LogP contribution in [-0.4, -0.2) is 31.4 Å². The van der Waals surface area contributed by atoms with Crippen molar-refractivity contribution >= 4 is 17.4 Å². The minimum absolute atomic E-state index is 0.129. The van der Waals surface area contributed by atoms with Crippen LogP contribution in [0.2, 0.25) is 0 Å². The largest absolute Gasteiger partial charge is 0.465 e. The van der Waals surface area contributed by atoms with E-state index in [4.69, 9.17) is 4.74 Å². The molecule has 0 saturated carbocycles. The van der Waals surface area contributed by atoms with E-state index in [1.54, 1.807) is 6.92 Å². The minimum atomic E-state index is -0.227. The highest BCUT2D eigenvalue weighted by Gasteiger charge is 2.12.